The van der Waals surface area contributed by atoms with Gasteiger partial charge in [0, 0.05) is 0 Å². The zero-order valence-electron chi connectivity index (χ0n) is 6.99. The Balaban J connectivity index is 2.14. The van der Waals surface area contributed by atoms with Crippen LogP contribution in [0.5, 0.6) is 0 Å². The van der Waals surface area contributed by atoms with Crippen molar-refractivity contribution in [3.8, 4) is 0 Å². The molecular weight excluding hydrogens is 204 g/mol. The van der Waals surface area contributed by atoms with E-state index in [0.29, 0.717) is 11.6 Å². The maximum absolute atomic E-state index is 10.6. The normalized spacial score (nSPS) is 10.3. The molecule has 0 aliphatic heterocycles. The van der Waals surface area contributed by atoms with Crippen molar-refractivity contribution in [3.05, 3.63) is 28.7 Å². The molecule has 0 radical (unpaired) electrons. The van der Waals surface area contributed by atoms with E-state index in [2.05, 4.69) is 15.1 Å². The van der Waals surface area contributed by atoms with Crippen LogP contribution in [0.25, 0.3) is 0 Å². The van der Waals surface area contributed by atoms with E-state index in [1.165, 1.54) is 12.5 Å². The molecule has 0 bridgehead atoms. The summed E-state index contributed by atoms with van der Waals surface area (Å²) in [6.45, 7) is 0.456. The van der Waals surface area contributed by atoms with E-state index in [9.17, 15) is 4.79 Å². The van der Waals surface area contributed by atoms with Crippen molar-refractivity contribution >= 4 is 17.3 Å². The van der Waals surface area contributed by atoms with Gasteiger partial charge in [0.25, 0.3) is 0 Å². The number of hydrogen-bond acceptors (Lipinski definition) is 5. The molecule has 0 saturated carbocycles. The summed E-state index contributed by atoms with van der Waals surface area (Å²) in [5, 5.41) is 13.3. The minimum atomic E-state index is -0.952. The maximum atomic E-state index is 10.6. The number of hydrogen-bond donors (Lipinski definition) is 1. The third kappa shape index (κ3) is 1.77. The number of aromatic carboxylic acids is 1. The molecule has 14 heavy (non-hydrogen) atoms. The Morgan fingerprint density at radius 1 is 1.64 bits per heavy atom. The molecule has 1 N–H and O–H groups in total. The Labute approximate surface area is 82.9 Å². The standard InChI is InChI=1S/C7H6N4O2S/c12-7(13)5-1-9-6(14-5)2-11-4-8-3-10-11/h1,3-4H,2H2,(H,12,13). The molecule has 0 aliphatic carbocycles. The monoisotopic (exact) mass is 210 g/mol. The van der Waals surface area contributed by atoms with Crippen molar-refractivity contribution in [2.24, 2.45) is 0 Å². The van der Waals surface area contributed by atoms with Gasteiger partial charge < -0.3 is 5.11 Å². The first kappa shape index (κ1) is 8.82. The minimum Gasteiger partial charge on any atom is -0.477 e. The number of rotatable bonds is 3. The van der Waals surface area contributed by atoms with Gasteiger partial charge >= 0.3 is 5.97 Å². The van der Waals surface area contributed by atoms with Gasteiger partial charge in [-0.3, -0.25) is 0 Å². The highest BCUT2D eigenvalue weighted by molar-refractivity contribution is 7.13. The molecule has 6 nitrogen and oxygen atoms in total. The summed E-state index contributed by atoms with van der Waals surface area (Å²) in [4.78, 5) is 18.5. The van der Waals surface area contributed by atoms with Gasteiger partial charge in [0.15, 0.2) is 0 Å². The zero-order chi connectivity index (χ0) is 9.97. The fourth-order valence-electron chi connectivity index (χ4n) is 0.935. The first-order valence-electron chi connectivity index (χ1n) is 3.76. The highest BCUT2D eigenvalue weighted by Crippen LogP contribution is 2.13. The van der Waals surface area contributed by atoms with Crippen LogP contribution in [0.4, 0.5) is 0 Å². The summed E-state index contributed by atoms with van der Waals surface area (Å²) in [6, 6.07) is 0. The number of carboxylic acids is 1. The fraction of sp³-hybridized carbons (Fsp3) is 0.143. The average molecular weight is 210 g/mol. The predicted molar refractivity (Wildman–Crippen MR) is 48.2 cm³/mol. The molecule has 72 valence electrons. The molecule has 0 atom stereocenters. The van der Waals surface area contributed by atoms with E-state index >= 15 is 0 Å². The van der Waals surface area contributed by atoms with Crippen molar-refractivity contribution in [1.29, 1.82) is 0 Å². The van der Waals surface area contributed by atoms with E-state index in [0.717, 1.165) is 11.3 Å². The largest absolute Gasteiger partial charge is 0.477 e. The van der Waals surface area contributed by atoms with Crippen LogP contribution in [-0.2, 0) is 6.54 Å². The van der Waals surface area contributed by atoms with Crippen LogP contribution in [0.2, 0.25) is 0 Å². The predicted octanol–water partition coefficient (Wildman–Crippen LogP) is 0.481. The smallest absolute Gasteiger partial charge is 0.347 e. The van der Waals surface area contributed by atoms with Gasteiger partial charge in [-0.1, -0.05) is 0 Å². The van der Waals surface area contributed by atoms with Crippen molar-refractivity contribution in [3.63, 3.8) is 0 Å². The van der Waals surface area contributed by atoms with Gasteiger partial charge in [-0.2, -0.15) is 5.10 Å². The molecule has 0 spiro atoms. The van der Waals surface area contributed by atoms with Crippen molar-refractivity contribution < 1.29 is 9.90 Å². The summed E-state index contributed by atoms with van der Waals surface area (Å²) >= 11 is 1.14. The summed E-state index contributed by atoms with van der Waals surface area (Å²) in [6.07, 6.45) is 4.33. The molecule has 2 heterocycles. The van der Waals surface area contributed by atoms with E-state index in [1.807, 2.05) is 0 Å². The number of nitrogens with zero attached hydrogens (tertiary/aromatic N) is 4. The first-order chi connectivity index (χ1) is 6.75. The molecule has 0 amide bonds. The summed E-state index contributed by atoms with van der Waals surface area (Å²) in [5.41, 5.74) is 0. The second-order valence-corrected chi connectivity index (χ2v) is 3.63. The third-order valence-corrected chi connectivity index (χ3v) is 2.50. The number of carbonyl (C=O) groups is 1. The van der Waals surface area contributed by atoms with Crippen LogP contribution in [0.1, 0.15) is 14.7 Å². The van der Waals surface area contributed by atoms with Crippen LogP contribution in [0, 0.1) is 0 Å². The van der Waals surface area contributed by atoms with E-state index < -0.39 is 5.97 Å². The van der Waals surface area contributed by atoms with Gasteiger partial charge in [-0.05, 0) is 0 Å². The topological polar surface area (TPSA) is 80.9 Å². The Morgan fingerprint density at radius 2 is 2.50 bits per heavy atom. The zero-order valence-corrected chi connectivity index (χ0v) is 7.81. The molecule has 0 saturated heterocycles. The van der Waals surface area contributed by atoms with Crippen molar-refractivity contribution in [2.45, 2.75) is 6.54 Å². The lowest BCUT2D eigenvalue weighted by atomic mass is 10.6. The second-order valence-electron chi connectivity index (χ2n) is 2.52. The Morgan fingerprint density at radius 3 is 3.07 bits per heavy atom. The fourth-order valence-corrected chi connectivity index (χ4v) is 1.68. The van der Waals surface area contributed by atoms with Gasteiger partial charge in [-0.25, -0.2) is 19.4 Å². The maximum Gasteiger partial charge on any atom is 0.347 e. The quantitative estimate of drug-likeness (QED) is 0.796. The lowest BCUT2D eigenvalue weighted by molar-refractivity contribution is 0.0702. The summed E-state index contributed by atoms with van der Waals surface area (Å²) in [5.74, 6) is -0.952. The molecule has 7 heteroatoms. The molecule has 0 aliphatic rings. The van der Waals surface area contributed by atoms with E-state index in [4.69, 9.17) is 5.11 Å². The van der Waals surface area contributed by atoms with Crippen LogP contribution < -0.4 is 0 Å². The first-order valence-corrected chi connectivity index (χ1v) is 4.58. The lowest BCUT2D eigenvalue weighted by Gasteiger charge is -1.93. The second kappa shape index (κ2) is 3.54. The van der Waals surface area contributed by atoms with Crippen LogP contribution in [-0.4, -0.2) is 30.8 Å². The van der Waals surface area contributed by atoms with Gasteiger partial charge in [0.05, 0.1) is 12.7 Å². The Bertz CT molecular complexity index is 436. The number of thiazole rings is 1. The number of aromatic nitrogens is 4. The van der Waals surface area contributed by atoms with E-state index in [1.54, 1.807) is 11.0 Å². The Hall–Kier alpha value is -1.76. The molecule has 2 aromatic rings. The average Bonchev–Trinajstić information content (AvgIpc) is 2.75. The van der Waals surface area contributed by atoms with Gasteiger partial charge in [-0.15, -0.1) is 11.3 Å². The molecule has 0 aromatic carbocycles. The third-order valence-electron chi connectivity index (χ3n) is 1.53. The minimum absolute atomic E-state index is 0.236. The van der Waals surface area contributed by atoms with Crippen molar-refractivity contribution in [2.75, 3.05) is 0 Å². The molecule has 0 fully saturated rings. The van der Waals surface area contributed by atoms with Crippen LogP contribution in [0.15, 0.2) is 18.9 Å². The summed E-state index contributed by atoms with van der Waals surface area (Å²) < 4.78 is 1.59. The molecular formula is C7H6N4O2S. The Kier molecular flexibility index (Phi) is 2.23. The molecule has 0 unspecified atom stereocenters. The highest BCUT2D eigenvalue weighted by Gasteiger charge is 2.08. The molecule has 2 rings (SSSR count). The van der Waals surface area contributed by atoms with Gasteiger partial charge in [0.1, 0.15) is 22.5 Å². The molecule has 2 aromatic heterocycles. The van der Waals surface area contributed by atoms with E-state index in [-0.39, 0.29) is 4.88 Å². The SMILES string of the molecule is O=C(O)c1cnc(Cn2cncn2)s1. The number of carboxylic acid groups (broad SMARTS) is 1. The lowest BCUT2D eigenvalue weighted by Crippen LogP contribution is -1.98. The van der Waals surface area contributed by atoms with Gasteiger partial charge in [0.2, 0.25) is 0 Å². The van der Waals surface area contributed by atoms with Crippen LogP contribution in [0.3, 0.4) is 0 Å². The highest BCUT2D eigenvalue weighted by atomic mass is 32.1. The van der Waals surface area contributed by atoms with Crippen LogP contribution >= 0.6 is 11.3 Å². The summed E-state index contributed by atoms with van der Waals surface area (Å²) in [7, 11) is 0. The van der Waals surface area contributed by atoms with Crippen molar-refractivity contribution in [1.82, 2.24) is 19.7 Å².